The summed E-state index contributed by atoms with van der Waals surface area (Å²) in [4.78, 5) is 20.6. The molecule has 1 amide bonds. The summed E-state index contributed by atoms with van der Waals surface area (Å²) in [5.74, 6) is 0. The lowest BCUT2D eigenvalue weighted by molar-refractivity contribution is 0.0636. The molecule has 6 nitrogen and oxygen atoms in total. The van der Waals surface area contributed by atoms with E-state index < -0.39 is 11.7 Å². The molecule has 0 spiro atoms. The molecule has 0 radical (unpaired) electrons. The molecular formula is C17H22N4O2S. The highest BCUT2D eigenvalue weighted by molar-refractivity contribution is 7.14. The molecule has 1 N–H and O–H groups in total. The fraction of sp³-hybridized carbons (Fsp3) is 0.471. The van der Waals surface area contributed by atoms with Gasteiger partial charge in [-0.2, -0.15) is 0 Å². The smallest absolute Gasteiger partial charge is 0.413 e. The molecule has 7 heteroatoms. The summed E-state index contributed by atoms with van der Waals surface area (Å²) in [6.07, 6.45) is 7.76. The molecule has 128 valence electrons. The Balaban J connectivity index is 1.62. The molecule has 2 heterocycles. The van der Waals surface area contributed by atoms with Gasteiger partial charge in [-0.15, -0.1) is 11.3 Å². The van der Waals surface area contributed by atoms with Gasteiger partial charge >= 0.3 is 6.09 Å². The Kier molecular flexibility index (Phi) is 4.45. The zero-order valence-electron chi connectivity index (χ0n) is 14.4. The number of thiazole rings is 1. The highest BCUT2D eigenvalue weighted by Crippen LogP contribution is 2.36. The van der Waals surface area contributed by atoms with Crippen molar-refractivity contribution >= 4 is 34.7 Å². The van der Waals surface area contributed by atoms with Crippen molar-refractivity contribution in [1.82, 2.24) is 14.5 Å². The summed E-state index contributed by atoms with van der Waals surface area (Å²) >= 11 is 1.36. The molecule has 0 unspecified atom stereocenters. The molecule has 0 atom stereocenters. The fourth-order valence-corrected chi connectivity index (χ4v) is 2.96. The number of hydrogen-bond donors (Lipinski definition) is 1. The Morgan fingerprint density at radius 1 is 1.42 bits per heavy atom. The van der Waals surface area contributed by atoms with Gasteiger partial charge in [-0.05, 0) is 52.7 Å². The minimum absolute atomic E-state index is 0.494. The van der Waals surface area contributed by atoms with Crippen molar-refractivity contribution in [2.75, 3.05) is 5.32 Å². The normalized spacial score (nSPS) is 15.0. The molecule has 1 aliphatic rings. The van der Waals surface area contributed by atoms with Crippen molar-refractivity contribution < 1.29 is 9.53 Å². The van der Waals surface area contributed by atoms with E-state index in [0.29, 0.717) is 11.2 Å². The van der Waals surface area contributed by atoms with Crippen molar-refractivity contribution in [2.24, 2.45) is 0 Å². The Morgan fingerprint density at radius 3 is 2.83 bits per heavy atom. The summed E-state index contributed by atoms with van der Waals surface area (Å²) < 4.78 is 7.45. The third-order valence-electron chi connectivity index (χ3n) is 3.56. The number of imidazole rings is 1. The molecular weight excluding hydrogens is 324 g/mol. The predicted octanol–water partition coefficient (Wildman–Crippen LogP) is 4.50. The van der Waals surface area contributed by atoms with E-state index in [4.69, 9.17) is 4.74 Å². The number of ether oxygens (including phenoxy) is 1. The van der Waals surface area contributed by atoms with Crippen molar-refractivity contribution in [3.63, 3.8) is 0 Å². The lowest BCUT2D eigenvalue weighted by atomic mass is 10.2. The zero-order valence-corrected chi connectivity index (χ0v) is 15.2. The van der Waals surface area contributed by atoms with Gasteiger partial charge in [0.25, 0.3) is 0 Å². The van der Waals surface area contributed by atoms with E-state index in [1.807, 2.05) is 44.6 Å². The van der Waals surface area contributed by atoms with Gasteiger partial charge in [0.2, 0.25) is 0 Å². The first-order valence-corrected chi connectivity index (χ1v) is 8.87. The van der Waals surface area contributed by atoms with Gasteiger partial charge in [-0.25, -0.2) is 14.8 Å². The Hall–Kier alpha value is -2.15. The fourth-order valence-electron chi connectivity index (χ4n) is 2.30. The SMILES string of the molecule is Cc1c(/C=C/c2csc(NC(=O)OC(C)(C)C)n2)ncn1C1CC1. The first kappa shape index (κ1) is 16.7. The van der Waals surface area contributed by atoms with Crippen molar-refractivity contribution in [3.8, 4) is 0 Å². The van der Waals surface area contributed by atoms with E-state index in [0.717, 1.165) is 11.4 Å². The van der Waals surface area contributed by atoms with Crippen LogP contribution in [0.3, 0.4) is 0 Å². The van der Waals surface area contributed by atoms with E-state index in [1.54, 1.807) is 0 Å². The average Bonchev–Trinajstić information content (AvgIpc) is 3.10. The molecule has 0 bridgehead atoms. The predicted molar refractivity (Wildman–Crippen MR) is 96.1 cm³/mol. The third kappa shape index (κ3) is 4.23. The summed E-state index contributed by atoms with van der Waals surface area (Å²) in [6, 6.07) is 0.628. The minimum atomic E-state index is -0.526. The van der Waals surface area contributed by atoms with Crippen LogP contribution in [-0.2, 0) is 4.74 Å². The van der Waals surface area contributed by atoms with Crippen LogP contribution < -0.4 is 5.32 Å². The van der Waals surface area contributed by atoms with E-state index in [2.05, 4.69) is 26.8 Å². The van der Waals surface area contributed by atoms with Gasteiger partial charge < -0.3 is 9.30 Å². The second-order valence-corrected chi connectivity index (χ2v) is 7.75. The first-order valence-electron chi connectivity index (χ1n) is 7.99. The van der Waals surface area contributed by atoms with Crippen LogP contribution in [0.1, 0.15) is 56.7 Å². The monoisotopic (exact) mass is 346 g/mol. The lowest BCUT2D eigenvalue weighted by Crippen LogP contribution is -2.27. The largest absolute Gasteiger partial charge is 0.444 e. The number of nitrogens with one attached hydrogen (secondary N) is 1. The number of aromatic nitrogens is 3. The van der Waals surface area contributed by atoms with Gasteiger partial charge in [0.15, 0.2) is 5.13 Å². The Labute approximate surface area is 145 Å². The molecule has 3 rings (SSSR count). The standard InChI is InChI=1S/C17H22N4O2S/c1-11-14(18-10-21(11)13-6-7-13)8-5-12-9-24-15(19-12)20-16(22)23-17(2,3)4/h5,8-10,13H,6-7H2,1-4H3,(H,19,20,22)/b8-5+. The number of anilines is 1. The molecule has 1 aliphatic carbocycles. The number of nitrogens with zero attached hydrogens (tertiary/aromatic N) is 3. The highest BCUT2D eigenvalue weighted by atomic mass is 32.1. The number of amides is 1. The Morgan fingerprint density at radius 2 is 2.17 bits per heavy atom. The molecule has 0 saturated heterocycles. The van der Waals surface area contributed by atoms with Crippen LogP contribution in [0.5, 0.6) is 0 Å². The highest BCUT2D eigenvalue weighted by Gasteiger charge is 2.25. The van der Waals surface area contributed by atoms with Crippen LogP contribution in [0.15, 0.2) is 11.7 Å². The summed E-state index contributed by atoms with van der Waals surface area (Å²) in [6.45, 7) is 7.56. The molecule has 0 aliphatic heterocycles. The van der Waals surface area contributed by atoms with Crippen LogP contribution in [-0.4, -0.2) is 26.2 Å². The third-order valence-corrected chi connectivity index (χ3v) is 4.34. The topological polar surface area (TPSA) is 69.0 Å². The van der Waals surface area contributed by atoms with Crippen LogP contribution in [0.4, 0.5) is 9.93 Å². The molecule has 1 fully saturated rings. The number of hydrogen-bond acceptors (Lipinski definition) is 5. The lowest BCUT2D eigenvalue weighted by Gasteiger charge is -2.18. The second-order valence-electron chi connectivity index (χ2n) is 6.89. The quantitative estimate of drug-likeness (QED) is 0.885. The van der Waals surface area contributed by atoms with Gasteiger partial charge in [-0.3, -0.25) is 5.32 Å². The number of carbonyl (C=O) groups excluding carboxylic acids is 1. The van der Waals surface area contributed by atoms with Crippen LogP contribution in [0, 0.1) is 6.92 Å². The van der Waals surface area contributed by atoms with E-state index in [9.17, 15) is 4.79 Å². The molecule has 2 aromatic heterocycles. The number of carbonyl (C=O) groups is 1. The summed E-state index contributed by atoms with van der Waals surface area (Å²) in [7, 11) is 0. The van der Waals surface area contributed by atoms with Crippen LogP contribution >= 0.6 is 11.3 Å². The van der Waals surface area contributed by atoms with Crippen LogP contribution in [0.25, 0.3) is 12.2 Å². The van der Waals surface area contributed by atoms with Crippen molar-refractivity contribution in [2.45, 2.75) is 52.2 Å². The van der Waals surface area contributed by atoms with E-state index >= 15 is 0 Å². The van der Waals surface area contributed by atoms with Crippen molar-refractivity contribution in [1.29, 1.82) is 0 Å². The first-order chi connectivity index (χ1) is 11.3. The van der Waals surface area contributed by atoms with E-state index in [1.165, 1.54) is 29.9 Å². The van der Waals surface area contributed by atoms with Gasteiger partial charge in [-0.1, -0.05) is 0 Å². The van der Waals surface area contributed by atoms with Gasteiger partial charge in [0, 0.05) is 17.1 Å². The minimum Gasteiger partial charge on any atom is -0.444 e. The number of rotatable bonds is 4. The maximum Gasteiger partial charge on any atom is 0.413 e. The molecule has 24 heavy (non-hydrogen) atoms. The molecule has 0 aromatic carbocycles. The molecule has 1 saturated carbocycles. The van der Waals surface area contributed by atoms with Gasteiger partial charge in [0.05, 0.1) is 17.7 Å². The van der Waals surface area contributed by atoms with Gasteiger partial charge in [0.1, 0.15) is 5.60 Å². The zero-order chi connectivity index (χ0) is 17.3. The molecule has 2 aromatic rings. The average molecular weight is 346 g/mol. The van der Waals surface area contributed by atoms with E-state index in [-0.39, 0.29) is 0 Å². The Bertz CT molecular complexity index is 766. The maximum atomic E-state index is 11.7. The van der Waals surface area contributed by atoms with Crippen molar-refractivity contribution in [3.05, 3.63) is 28.8 Å². The summed E-state index contributed by atoms with van der Waals surface area (Å²) in [5, 5.41) is 5.05. The second kappa shape index (κ2) is 6.39. The van der Waals surface area contributed by atoms with Crippen LogP contribution in [0.2, 0.25) is 0 Å². The summed E-state index contributed by atoms with van der Waals surface area (Å²) in [5.41, 5.74) is 2.39. The maximum absolute atomic E-state index is 11.7.